The van der Waals surface area contributed by atoms with Gasteiger partial charge in [0.25, 0.3) is 5.91 Å². The molecule has 0 N–H and O–H groups in total. The van der Waals surface area contributed by atoms with Crippen LogP contribution in [0, 0.1) is 0 Å². The van der Waals surface area contributed by atoms with Crippen molar-refractivity contribution in [3.63, 3.8) is 0 Å². The minimum Gasteiger partial charge on any atom is -0.378 e. The molecule has 108 valence electrons. The Hall–Kier alpha value is -1.39. The van der Waals surface area contributed by atoms with Crippen LogP contribution in [0.15, 0.2) is 36.2 Å². The molecule has 5 heteroatoms. The first-order valence-electron chi connectivity index (χ1n) is 6.61. The number of hydrogen-bond donors (Lipinski definition) is 0. The highest BCUT2D eigenvalue weighted by Gasteiger charge is 2.24. The molecule has 0 aliphatic carbocycles. The molecule has 1 fully saturated rings. The average Bonchev–Trinajstić information content (AvgIpc) is 2.53. The monoisotopic (exact) mass is 297 g/mol. The van der Waals surface area contributed by atoms with Crippen LogP contribution < -0.4 is 0 Å². The summed E-state index contributed by atoms with van der Waals surface area (Å²) in [7, 11) is 0. The van der Waals surface area contributed by atoms with E-state index in [-0.39, 0.29) is 5.88 Å². The predicted molar refractivity (Wildman–Crippen MR) is 77.2 cm³/mol. The Kier molecular flexibility index (Phi) is 5.56. The van der Waals surface area contributed by atoms with Crippen molar-refractivity contribution in [2.24, 2.45) is 0 Å². The fourth-order valence-electron chi connectivity index (χ4n) is 2.15. The van der Waals surface area contributed by atoms with Gasteiger partial charge in [-0.25, -0.2) is 4.39 Å². The Bertz CT molecular complexity index is 484. The quantitative estimate of drug-likeness (QED) is 0.632. The highest BCUT2D eigenvalue weighted by Crippen LogP contribution is 2.25. The second-order valence-electron chi connectivity index (χ2n) is 4.50. The second-order valence-corrected chi connectivity index (χ2v) is 4.88. The molecule has 0 aromatic heterocycles. The molecule has 0 spiro atoms. The van der Waals surface area contributed by atoms with Crippen LogP contribution in [0.3, 0.4) is 0 Å². The van der Waals surface area contributed by atoms with E-state index in [1.165, 1.54) is 4.90 Å². The first kappa shape index (κ1) is 15.0. The fourth-order valence-corrected chi connectivity index (χ4v) is 2.34. The highest BCUT2D eigenvalue weighted by atomic mass is 35.5. The van der Waals surface area contributed by atoms with Gasteiger partial charge in [0.2, 0.25) is 0 Å². The maximum Gasteiger partial charge on any atom is 0.283 e. The van der Waals surface area contributed by atoms with Crippen molar-refractivity contribution in [3.05, 3.63) is 41.7 Å². The number of halogens is 2. The molecule has 0 unspecified atom stereocenters. The minimum atomic E-state index is -0.709. The third-order valence-corrected chi connectivity index (χ3v) is 3.41. The van der Waals surface area contributed by atoms with Crippen molar-refractivity contribution in [1.29, 1.82) is 0 Å². The summed E-state index contributed by atoms with van der Waals surface area (Å²) in [5.74, 6) is -1.01. The van der Waals surface area contributed by atoms with E-state index in [1.54, 1.807) is 12.1 Å². The number of carbonyl (C=O) groups excluding carboxylic acids is 1. The van der Waals surface area contributed by atoms with E-state index >= 15 is 0 Å². The predicted octanol–water partition coefficient (Wildman–Crippen LogP) is 2.85. The number of carbonyl (C=O) groups is 1. The summed E-state index contributed by atoms with van der Waals surface area (Å²) < 4.78 is 19.7. The molecule has 0 atom stereocenters. The van der Waals surface area contributed by atoms with Crippen molar-refractivity contribution >= 4 is 23.1 Å². The number of nitrogens with zero attached hydrogens (tertiary/aromatic N) is 1. The zero-order chi connectivity index (χ0) is 14.4. The highest BCUT2D eigenvalue weighted by molar-refractivity contribution is 6.18. The lowest BCUT2D eigenvalue weighted by Gasteiger charge is -2.26. The summed E-state index contributed by atoms with van der Waals surface area (Å²) in [5, 5.41) is 0. The summed E-state index contributed by atoms with van der Waals surface area (Å²) in [4.78, 5) is 13.7. The maximum atomic E-state index is 14.5. The Morgan fingerprint density at radius 2 is 1.90 bits per heavy atom. The first-order chi connectivity index (χ1) is 9.74. The van der Waals surface area contributed by atoms with Gasteiger partial charge < -0.3 is 9.64 Å². The third-order valence-electron chi connectivity index (χ3n) is 3.22. The molecular formula is C15H17ClFNO2. The van der Waals surface area contributed by atoms with Crippen molar-refractivity contribution < 1.29 is 13.9 Å². The number of rotatable bonds is 4. The van der Waals surface area contributed by atoms with E-state index in [4.69, 9.17) is 16.3 Å². The Balaban J connectivity index is 2.26. The van der Waals surface area contributed by atoms with Gasteiger partial charge in [-0.15, -0.1) is 11.6 Å². The van der Waals surface area contributed by atoms with Crippen molar-refractivity contribution in [3.8, 4) is 0 Å². The Labute approximate surface area is 123 Å². The van der Waals surface area contributed by atoms with E-state index in [9.17, 15) is 9.18 Å². The van der Waals surface area contributed by atoms with Gasteiger partial charge in [0.15, 0.2) is 5.83 Å². The van der Waals surface area contributed by atoms with Gasteiger partial charge in [-0.3, -0.25) is 4.79 Å². The second kappa shape index (κ2) is 7.41. The van der Waals surface area contributed by atoms with Gasteiger partial charge in [0.1, 0.15) is 0 Å². The minimum absolute atomic E-state index is 0.272. The van der Waals surface area contributed by atoms with Gasteiger partial charge in [0.05, 0.1) is 13.2 Å². The number of hydrogen-bond acceptors (Lipinski definition) is 2. The fraction of sp³-hybridized carbons (Fsp3) is 0.400. The summed E-state index contributed by atoms with van der Waals surface area (Å²) >= 11 is 5.73. The summed E-state index contributed by atoms with van der Waals surface area (Å²) in [6.07, 6.45) is 0.327. The SMILES string of the molecule is O=C(/C(F)=C(/CCCl)c1ccccc1)N1CCOCC1. The summed E-state index contributed by atoms with van der Waals surface area (Å²) in [6, 6.07) is 9.05. The lowest BCUT2D eigenvalue weighted by Crippen LogP contribution is -2.41. The molecule has 20 heavy (non-hydrogen) atoms. The van der Waals surface area contributed by atoms with Gasteiger partial charge in [-0.2, -0.15) is 0 Å². The standard InChI is InChI=1S/C15H17ClFNO2/c16-7-6-13(12-4-2-1-3-5-12)14(17)15(19)18-8-10-20-11-9-18/h1-5H,6-11H2/b14-13+. The third kappa shape index (κ3) is 3.58. The van der Waals surface area contributed by atoms with Crippen molar-refractivity contribution in [2.75, 3.05) is 32.2 Å². The first-order valence-corrected chi connectivity index (χ1v) is 7.14. The lowest BCUT2D eigenvalue weighted by atomic mass is 10.0. The van der Waals surface area contributed by atoms with Crippen LogP contribution in [0.2, 0.25) is 0 Å². The zero-order valence-corrected chi connectivity index (χ0v) is 11.9. The zero-order valence-electron chi connectivity index (χ0n) is 11.1. The molecule has 1 aromatic carbocycles. The van der Waals surface area contributed by atoms with Gasteiger partial charge in [0, 0.05) is 24.5 Å². The summed E-state index contributed by atoms with van der Waals surface area (Å²) in [6.45, 7) is 1.76. The van der Waals surface area contributed by atoms with Crippen LogP contribution in [-0.4, -0.2) is 43.0 Å². The van der Waals surface area contributed by atoms with Crippen molar-refractivity contribution in [1.82, 2.24) is 4.90 Å². The normalized spacial score (nSPS) is 16.8. The smallest absolute Gasteiger partial charge is 0.283 e. The topological polar surface area (TPSA) is 29.5 Å². The van der Waals surface area contributed by atoms with Gasteiger partial charge >= 0.3 is 0 Å². The molecule has 2 rings (SSSR count). The van der Waals surface area contributed by atoms with Crippen LogP contribution in [0.1, 0.15) is 12.0 Å². The van der Waals surface area contributed by atoms with Crippen LogP contribution >= 0.6 is 11.6 Å². The number of benzene rings is 1. The molecular weight excluding hydrogens is 281 g/mol. The van der Waals surface area contributed by atoms with Crippen LogP contribution in [-0.2, 0) is 9.53 Å². The number of allylic oxidation sites excluding steroid dienone is 1. The van der Waals surface area contributed by atoms with Crippen LogP contribution in [0.5, 0.6) is 0 Å². The molecule has 1 aliphatic heterocycles. The molecule has 0 saturated carbocycles. The summed E-state index contributed by atoms with van der Waals surface area (Å²) in [5.41, 5.74) is 1.07. The number of alkyl halides is 1. The molecule has 1 aliphatic rings. The van der Waals surface area contributed by atoms with Gasteiger partial charge in [-0.05, 0) is 12.0 Å². The van der Waals surface area contributed by atoms with E-state index in [0.717, 1.165) is 0 Å². The van der Waals surface area contributed by atoms with E-state index in [2.05, 4.69) is 0 Å². The molecule has 1 amide bonds. The molecule has 3 nitrogen and oxygen atoms in total. The van der Waals surface area contributed by atoms with Crippen molar-refractivity contribution in [2.45, 2.75) is 6.42 Å². The van der Waals surface area contributed by atoms with Crippen LogP contribution in [0.25, 0.3) is 5.57 Å². The molecule has 0 radical (unpaired) electrons. The van der Waals surface area contributed by atoms with E-state index < -0.39 is 11.7 Å². The Morgan fingerprint density at radius 1 is 1.25 bits per heavy atom. The lowest BCUT2D eigenvalue weighted by molar-refractivity contribution is -0.132. The number of morpholine rings is 1. The molecule has 1 saturated heterocycles. The number of amides is 1. The average molecular weight is 298 g/mol. The van der Waals surface area contributed by atoms with E-state index in [1.807, 2.05) is 18.2 Å². The van der Waals surface area contributed by atoms with Crippen LogP contribution in [0.4, 0.5) is 4.39 Å². The van der Waals surface area contributed by atoms with E-state index in [0.29, 0.717) is 43.9 Å². The van der Waals surface area contributed by atoms with Gasteiger partial charge in [-0.1, -0.05) is 30.3 Å². The largest absolute Gasteiger partial charge is 0.378 e. The molecule has 1 heterocycles. The molecule has 0 bridgehead atoms. The number of ether oxygens (including phenoxy) is 1. The Morgan fingerprint density at radius 3 is 2.50 bits per heavy atom. The molecule has 1 aromatic rings. The maximum absolute atomic E-state index is 14.5.